The van der Waals surface area contributed by atoms with Crippen LogP contribution in [0.1, 0.15) is 13.8 Å². The molecule has 0 atom stereocenters. The predicted molar refractivity (Wildman–Crippen MR) is 38.2 cm³/mol. The maximum absolute atomic E-state index is 10.6. The van der Waals surface area contributed by atoms with Gasteiger partial charge in [-0.2, -0.15) is 0 Å². The summed E-state index contributed by atoms with van der Waals surface area (Å²) in [6.07, 6.45) is 1.29. The van der Waals surface area contributed by atoms with E-state index in [-0.39, 0.29) is 8.70 Å². The molecule has 9 heavy (non-hydrogen) atoms. The minimum atomic E-state index is -0.0880. The number of carbonyl (C=O) groups is 1. The summed E-state index contributed by atoms with van der Waals surface area (Å²) < 4.78 is -0.00866. The van der Waals surface area contributed by atoms with Crippen LogP contribution in [0.15, 0.2) is 12.7 Å². The van der Waals surface area contributed by atoms with Gasteiger partial charge in [0.1, 0.15) is 0 Å². The van der Waals surface area contributed by atoms with E-state index >= 15 is 0 Å². The van der Waals surface area contributed by atoms with Crippen molar-refractivity contribution in [3.8, 4) is 0 Å². The van der Waals surface area contributed by atoms with Gasteiger partial charge < -0.3 is 0 Å². The van der Waals surface area contributed by atoms with Gasteiger partial charge in [-0.1, -0.05) is 0 Å². The second kappa shape index (κ2) is 3.40. The number of hydrogen-bond donors (Lipinski definition) is 1. The van der Waals surface area contributed by atoms with Crippen molar-refractivity contribution < 1.29 is 4.79 Å². The molecule has 0 aromatic rings. The molecule has 0 aliphatic heterocycles. The van der Waals surface area contributed by atoms with Crippen LogP contribution in [0, 0.1) is 0 Å². The molecule has 0 rings (SSSR count). The van der Waals surface area contributed by atoms with Crippen LogP contribution in [0.2, 0.25) is 0 Å². The third-order valence-electron chi connectivity index (χ3n) is 0.684. The van der Waals surface area contributed by atoms with Crippen molar-refractivity contribution in [1.29, 1.82) is 0 Å². The number of nitrogens with one attached hydrogen (secondary N) is 1. The monoisotopic (exact) mass is 135 g/mol. The number of carbonyl (C=O) groups excluding carboxylic acids is 1. The summed E-state index contributed by atoms with van der Waals surface area (Å²) in [5.74, 6) is -0.0880. The van der Waals surface area contributed by atoms with Crippen molar-refractivity contribution in [3.05, 3.63) is 12.7 Å². The molecular formula is C6H10NNaO. The van der Waals surface area contributed by atoms with Crippen LogP contribution in [-0.2, 0) is 4.79 Å². The number of rotatable bonds is 2. The molecule has 0 fully saturated rings. The van der Waals surface area contributed by atoms with E-state index in [1.807, 2.05) is 13.8 Å². The molecule has 0 saturated heterocycles. The molecule has 46 valence electrons. The number of amides is 1. The predicted octanol–water partition coefficient (Wildman–Crippen LogP) is 0.193. The van der Waals surface area contributed by atoms with Crippen LogP contribution in [-0.4, -0.2) is 36.6 Å². The first-order valence-corrected chi connectivity index (χ1v) is 3.90. The van der Waals surface area contributed by atoms with Crippen molar-refractivity contribution in [3.63, 3.8) is 0 Å². The molecule has 0 bridgehead atoms. The van der Waals surface area contributed by atoms with Gasteiger partial charge in [0.2, 0.25) is 0 Å². The molecule has 2 nitrogen and oxygen atoms in total. The Labute approximate surface area is 73.1 Å². The second-order valence-corrected chi connectivity index (χ2v) is 5.44. The Balaban J connectivity index is 3.74. The van der Waals surface area contributed by atoms with Crippen LogP contribution >= 0.6 is 0 Å². The van der Waals surface area contributed by atoms with Crippen molar-refractivity contribution in [2.75, 3.05) is 0 Å². The van der Waals surface area contributed by atoms with Gasteiger partial charge in [0, 0.05) is 0 Å². The van der Waals surface area contributed by atoms with Crippen LogP contribution in [0.3, 0.4) is 0 Å². The molecule has 0 radical (unpaired) electrons. The first kappa shape index (κ1) is 9.21. The van der Waals surface area contributed by atoms with E-state index in [1.54, 1.807) is 0 Å². The zero-order valence-corrected chi connectivity index (χ0v) is 8.19. The molecule has 1 N–H and O–H groups in total. The van der Waals surface area contributed by atoms with Crippen LogP contribution in [0.5, 0.6) is 0 Å². The minimum absolute atomic E-state index is 0.00866. The summed E-state index contributed by atoms with van der Waals surface area (Å²) >= 11 is 0.951. The zero-order chi connectivity index (χ0) is 7.49. The van der Waals surface area contributed by atoms with E-state index in [2.05, 4.69) is 11.9 Å². The quantitative estimate of drug-likeness (QED) is 0.425. The van der Waals surface area contributed by atoms with Gasteiger partial charge in [-0.05, 0) is 0 Å². The molecule has 0 aliphatic carbocycles. The van der Waals surface area contributed by atoms with E-state index in [9.17, 15) is 4.79 Å². The van der Waals surface area contributed by atoms with Crippen LogP contribution in [0.25, 0.3) is 0 Å². The van der Waals surface area contributed by atoms with Gasteiger partial charge in [-0.25, -0.2) is 0 Å². The summed E-state index contributed by atoms with van der Waals surface area (Å²) in [6, 6.07) is 0. The normalized spacial score (nSPS) is 10.7. The first-order valence-electron chi connectivity index (χ1n) is 2.90. The summed E-state index contributed by atoms with van der Waals surface area (Å²) in [4.78, 5) is 10.6. The Morgan fingerprint density at radius 3 is 2.33 bits per heavy atom. The Kier molecular flexibility index (Phi) is 3.48. The second-order valence-electron chi connectivity index (χ2n) is 2.94. The average molecular weight is 135 g/mol. The van der Waals surface area contributed by atoms with E-state index in [0.29, 0.717) is 0 Å². The molecule has 1 amide bonds. The molecule has 0 aromatic heterocycles. The Morgan fingerprint density at radius 2 is 2.22 bits per heavy atom. The van der Waals surface area contributed by atoms with Gasteiger partial charge in [0.05, 0.1) is 0 Å². The van der Waals surface area contributed by atoms with Crippen LogP contribution in [0.4, 0.5) is 0 Å². The molecular weight excluding hydrogens is 125 g/mol. The van der Waals surface area contributed by atoms with E-state index in [1.165, 1.54) is 6.08 Å². The standard InChI is InChI=1S/C6H10NO.Na/c1-4-6(8)7-5(2)3;/h4H,1H2,2-3H3,(H,7,8);. The maximum atomic E-state index is 10.6. The fourth-order valence-corrected chi connectivity index (χ4v) is 0.667. The first-order chi connectivity index (χ1) is 3.95. The number of hydrogen-bond acceptors (Lipinski definition) is 1. The van der Waals surface area contributed by atoms with Gasteiger partial charge in [-0.3, -0.25) is 0 Å². The zero-order valence-electron chi connectivity index (χ0n) is 6.19. The Hall–Kier alpha value is 0.210. The SMILES string of the molecule is C=CC(=O)N[C](C)(C)[Na]. The fourth-order valence-electron chi connectivity index (χ4n) is 0.421. The molecule has 3 heteroatoms. The molecule has 0 unspecified atom stereocenters. The summed E-state index contributed by atoms with van der Waals surface area (Å²) in [5, 5.41) is 2.77. The topological polar surface area (TPSA) is 29.1 Å². The van der Waals surface area contributed by atoms with Crippen LogP contribution < -0.4 is 5.32 Å². The molecule has 0 aliphatic rings. The van der Waals surface area contributed by atoms with Crippen molar-refractivity contribution in [2.45, 2.75) is 16.6 Å². The average Bonchev–Trinajstić information content (AvgIpc) is 1.62. The summed E-state index contributed by atoms with van der Waals surface area (Å²) in [6.45, 7) is 7.32. The van der Waals surface area contributed by atoms with Crippen molar-refractivity contribution in [2.24, 2.45) is 0 Å². The molecule has 0 spiro atoms. The van der Waals surface area contributed by atoms with E-state index in [0.717, 1.165) is 27.9 Å². The van der Waals surface area contributed by atoms with Crippen molar-refractivity contribution in [1.82, 2.24) is 5.32 Å². The molecule has 0 aromatic carbocycles. The van der Waals surface area contributed by atoms with Gasteiger partial charge in [0.25, 0.3) is 0 Å². The fraction of sp³-hybridized carbons (Fsp3) is 0.500. The van der Waals surface area contributed by atoms with E-state index < -0.39 is 0 Å². The Morgan fingerprint density at radius 1 is 1.78 bits per heavy atom. The molecule has 0 heterocycles. The van der Waals surface area contributed by atoms with Gasteiger partial charge in [0.15, 0.2) is 0 Å². The van der Waals surface area contributed by atoms with E-state index in [4.69, 9.17) is 0 Å². The van der Waals surface area contributed by atoms with Gasteiger partial charge in [-0.15, -0.1) is 0 Å². The Bertz CT molecular complexity index is 126. The third-order valence-corrected chi connectivity index (χ3v) is 0.934. The summed E-state index contributed by atoms with van der Waals surface area (Å²) in [5.41, 5.74) is 0. The summed E-state index contributed by atoms with van der Waals surface area (Å²) in [7, 11) is 0. The van der Waals surface area contributed by atoms with Gasteiger partial charge >= 0.3 is 73.2 Å². The molecule has 0 saturated carbocycles. The third kappa shape index (κ3) is 6.09. The van der Waals surface area contributed by atoms with Crippen molar-refractivity contribution >= 4 is 33.8 Å².